The fraction of sp³-hybridized carbons (Fsp3) is 0.564. The molecule has 0 saturated carbocycles. The highest BCUT2D eigenvalue weighted by Gasteiger charge is 2.21. The SMILES string of the molecule is CCCCCC=CCC=CCCCCCCCCOC(=O)OC[C@H](Nc1nc(Nc2ccc(C(=O)O)c(Cl)c2)c2ncn(C(C)C)c2n1)C(C)C. The molecule has 0 saturated heterocycles. The van der Waals surface area contributed by atoms with E-state index in [-0.39, 0.29) is 35.2 Å². The van der Waals surface area contributed by atoms with E-state index in [4.69, 9.17) is 26.1 Å². The third-order valence-corrected chi connectivity index (χ3v) is 8.82. The second kappa shape index (κ2) is 22.6. The van der Waals surface area contributed by atoms with Crippen molar-refractivity contribution < 1.29 is 24.2 Å². The number of nitrogens with zero attached hydrogens (tertiary/aromatic N) is 4. The number of hydrogen-bond donors (Lipinski definition) is 3. The first-order valence-electron chi connectivity index (χ1n) is 18.5. The molecule has 0 aliphatic carbocycles. The second-order valence-corrected chi connectivity index (χ2v) is 13.8. The number of carboxylic acids is 1. The van der Waals surface area contributed by atoms with Gasteiger partial charge in [-0.05, 0) is 76.5 Å². The summed E-state index contributed by atoms with van der Waals surface area (Å²) in [5.74, 6) is -0.311. The Balaban J connectivity index is 1.43. The molecule has 0 unspecified atom stereocenters. The third kappa shape index (κ3) is 14.6. The molecule has 3 N–H and O–H groups in total. The maximum atomic E-state index is 12.4. The van der Waals surface area contributed by atoms with E-state index in [1.807, 2.05) is 32.3 Å². The van der Waals surface area contributed by atoms with E-state index in [1.54, 1.807) is 12.4 Å². The minimum Gasteiger partial charge on any atom is -0.478 e. The number of fused-ring (bicyclic) bond motifs is 1. The van der Waals surface area contributed by atoms with Gasteiger partial charge in [0, 0.05) is 11.7 Å². The topological polar surface area (TPSA) is 140 Å². The number of ether oxygens (including phenoxy) is 2. The van der Waals surface area contributed by atoms with Gasteiger partial charge in [0.25, 0.3) is 0 Å². The average molecular weight is 725 g/mol. The standard InChI is InChI=1S/C39H57ClN6O5/c1-6-7-8-9-10-11-12-13-14-15-16-17-18-19-20-21-24-50-39(49)51-26-33(28(2)3)43-38-44-35(34-36(45-38)46(27-41-34)29(4)5)42-30-22-23-31(37(47)48)32(40)25-30/h10-11,13-14,22-23,25,27-29,33H,6-9,12,15-21,24,26H2,1-5H3,(H,47,48)(H2,42,43,44,45)/t33-/m0/s1. The summed E-state index contributed by atoms with van der Waals surface area (Å²) in [7, 11) is 0. The van der Waals surface area contributed by atoms with Crippen LogP contribution in [0.4, 0.5) is 22.2 Å². The van der Waals surface area contributed by atoms with Crippen molar-refractivity contribution in [1.29, 1.82) is 0 Å². The number of carboxylic acid groups (broad SMARTS) is 1. The molecule has 1 atom stereocenters. The van der Waals surface area contributed by atoms with Gasteiger partial charge in [0.15, 0.2) is 17.0 Å². The normalized spacial score (nSPS) is 12.4. The van der Waals surface area contributed by atoms with Crippen molar-refractivity contribution in [2.45, 2.75) is 124 Å². The van der Waals surface area contributed by atoms with Crippen molar-refractivity contribution in [3.8, 4) is 0 Å². The predicted molar refractivity (Wildman–Crippen MR) is 206 cm³/mol. The molecule has 12 heteroatoms. The first-order valence-corrected chi connectivity index (χ1v) is 18.9. The lowest BCUT2D eigenvalue weighted by atomic mass is 10.1. The zero-order chi connectivity index (χ0) is 37.0. The van der Waals surface area contributed by atoms with E-state index < -0.39 is 12.1 Å². The van der Waals surface area contributed by atoms with E-state index >= 15 is 0 Å². The molecule has 3 aromatic rings. The number of aromatic carboxylic acids is 1. The van der Waals surface area contributed by atoms with Gasteiger partial charge in [0.2, 0.25) is 5.95 Å². The van der Waals surface area contributed by atoms with Crippen molar-refractivity contribution in [3.63, 3.8) is 0 Å². The van der Waals surface area contributed by atoms with Crippen LogP contribution in [0.3, 0.4) is 0 Å². The summed E-state index contributed by atoms with van der Waals surface area (Å²) in [6, 6.07) is 4.35. The van der Waals surface area contributed by atoms with Crippen LogP contribution in [0, 0.1) is 5.92 Å². The number of allylic oxidation sites excluding steroid dienone is 4. The summed E-state index contributed by atoms with van der Waals surface area (Å²) < 4.78 is 12.8. The third-order valence-electron chi connectivity index (χ3n) is 8.50. The molecule has 0 fully saturated rings. The Morgan fingerprint density at radius 1 is 0.922 bits per heavy atom. The van der Waals surface area contributed by atoms with E-state index in [0.717, 1.165) is 32.1 Å². The first-order chi connectivity index (χ1) is 24.6. The van der Waals surface area contributed by atoms with Gasteiger partial charge >= 0.3 is 12.1 Å². The van der Waals surface area contributed by atoms with Crippen LogP contribution in [0.25, 0.3) is 11.2 Å². The number of anilines is 3. The molecule has 0 aliphatic rings. The lowest BCUT2D eigenvalue weighted by molar-refractivity contribution is 0.0486. The number of imidazole rings is 1. The number of rotatable bonds is 24. The van der Waals surface area contributed by atoms with Crippen LogP contribution in [-0.2, 0) is 9.47 Å². The molecule has 0 amide bonds. The number of nitrogens with one attached hydrogen (secondary N) is 2. The molecule has 11 nitrogen and oxygen atoms in total. The van der Waals surface area contributed by atoms with Gasteiger partial charge in [0.05, 0.1) is 29.6 Å². The van der Waals surface area contributed by atoms with Crippen LogP contribution < -0.4 is 10.6 Å². The molecule has 0 bridgehead atoms. The summed E-state index contributed by atoms with van der Waals surface area (Å²) >= 11 is 6.21. The van der Waals surface area contributed by atoms with Crippen LogP contribution in [0.15, 0.2) is 48.8 Å². The van der Waals surface area contributed by atoms with Gasteiger partial charge in [0.1, 0.15) is 6.61 Å². The fourth-order valence-corrected chi connectivity index (χ4v) is 5.62. The van der Waals surface area contributed by atoms with Crippen LogP contribution >= 0.6 is 11.6 Å². The lowest BCUT2D eigenvalue weighted by Gasteiger charge is -2.22. The van der Waals surface area contributed by atoms with Crippen molar-refractivity contribution in [1.82, 2.24) is 19.5 Å². The van der Waals surface area contributed by atoms with E-state index in [9.17, 15) is 14.7 Å². The minimum absolute atomic E-state index is 0.00122. The van der Waals surface area contributed by atoms with E-state index in [2.05, 4.69) is 51.8 Å². The van der Waals surface area contributed by atoms with Crippen LogP contribution in [-0.4, -0.2) is 56.0 Å². The Bertz CT molecular complexity index is 1570. The van der Waals surface area contributed by atoms with Crippen LogP contribution in [0.2, 0.25) is 5.02 Å². The Kier molecular flexibility index (Phi) is 18.3. The number of halogens is 1. The molecular formula is C39H57ClN6O5. The van der Waals surface area contributed by atoms with Crippen LogP contribution in [0.5, 0.6) is 0 Å². The molecule has 0 radical (unpaired) electrons. The lowest BCUT2D eigenvalue weighted by Crippen LogP contribution is -2.33. The Morgan fingerprint density at radius 3 is 2.25 bits per heavy atom. The molecule has 0 aliphatic heterocycles. The number of carbonyl (C=O) groups is 2. The predicted octanol–water partition coefficient (Wildman–Crippen LogP) is 10.9. The molecule has 2 heterocycles. The minimum atomic E-state index is -1.11. The highest BCUT2D eigenvalue weighted by molar-refractivity contribution is 6.33. The second-order valence-electron chi connectivity index (χ2n) is 13.4. The number of unbranched alkanes of at least 4 members (excludes halogenated alkanes) is 9. The van der Waals surface area contributed by atoms with Crippen molar-refractivity contribution in [2.75, 3.05) is 23.8 Å². The smallest absolute Gasteiger partial charge is 0.478 e. The van der Waals surface area contributed by atoms with Crippen molar-refractivity contribution in [2.24, 2.45) is 5.92 Å². The maximum absolute atomic E-state index is 12.4. The Labute approximate surface area is 308 Å². The largest absolute Gasteiger partial charge is 0.508 e. The van der Waals surface area contributed by atoms with E-state index in [0.29, 0.717) is 35.2 Å². The van der Waals surface area contributed by atoms with Crippen molar-refractivity contribution in [3.05, 3.63) is 59.4 Å². The van der Waals surface area contributed by atoms with Gasteiger partial charge in [-0.3, -0.25) is 0 Å². The monoisotopic (exact) mass is 724 g/mol. The summed E-state index contributed by atoms with van der Waals surface area (Å²) in [5.41, 5.74) is 1.69. The molecule has 1 aromatic carbocycles. The summed E-state index contributed by atoms with van der Waals surface area (Å²) in [6.07, 6.45) is 23.9. The molecule has 51 heavy (non-hydrogen) atoms. The van der Waals surface area contributed by atoms with Gasteiger partial charge in [-0.15, -0.1) is 0 Å². The highest BCUT2D eigenvalue weighted by atomic mass is 35.5. The number of benzene rings is 1. The van der Waals surface area contributed by atoms with Gasteiger partial charge in [-0.2, -0.15) is 9.97 Å². The zero-order valence-corrected chi connectivity index (χ0v) is 31.8. The Hall–Kier alpha value is -4.12. The van der Waals surface area contributed by atoms with Gasteiger partial charge in [-0.25, -0.2) is 14.6 Å². The summed E-state index contributed by atoms with van der Waals surface area (Å²) in [6.45, 7) is 10.7. The van der Waals surface area contributed by atoms with E-state index in [1.165, 1.54) is 57.1 Å². The maximum Gasteiger partial charge on any atom is 0.508 e. The molecule has 3 rings (SSSR count). The Morgan fingerprint density at radius 2 is 1.61 bits per heavy atom. The van der Waals surface area contributed by atoms with Gasteiger partial charge < -0.3 is 29.8 Å². The summed E-state index contributed by atoms with van der Waals surface area (Å²) in [5, 5.41) is 16.0. The molecule has 2 aromatic heterocycles. The molecule has 280 valence electrons. The first kappa shape index (κ1) is 41.3. The fourth-order valence-electron chi connectivity index (χ4n) is 5.36. The number of carbonyl (C=O) groups excluding carboxylic acids is 1. The zero-order valence-electron chi connectivity index (χ0n) is 31.0. The number of hydrogen-bond acceptors (Lipinski definition) is 9. The van der Waals surface area contributed by atoms with Crippen molar-refractivity contribution >= 4 is 52.3 Å². The van der Waals surface area contributed by atoms with Crippen LogP contribution in [0.1, 0.15) is 128 Å². The number of aromatic nitrogens is 4. The molecular weight excluding hydrogens is 668 g/mol. The average Bonchev–Trinajstić information content (AvgIpc) is 3.52. The quantitative estimate of drug-likeness (QED) is 0.0464. The highest BCUT2D eigenvalue weighted by Crippen LogP contribution is 2.29. The summed E-state index contributed by atoms with van der Waals surface area (Å²) in [4.78, 5) is 37.8. The molecule has 0 spiro atoms. The van der Waals surface area contributed by atoms with Gasteiger partial charge in [-0.1, -0.05) is 95.2 Å².